The maximum Gasteiger partial charge on any atom is 0.133 e. The molecule has 0 aliphatic heterocycles. The van der Waals surface area contributed by atoms with Crippen LogP contribution in [0, 0.1) is 6.92 Å². The fourth-order valence-electron chi connectivity index (χ4n) is 2.23. The van der Waals surface area contributed by atoms with Gasteiger partial charge in [-0.2, -0.15) is 0 Å². The Balaban J connectivity index is 1.93. The maximum absolute atomic E-state index is 9.58. The highest BCUT2D eigenvalue weighted by Gasteiger charge is 2.03. The van der Waals surface area contributed by atoms with E-state index >= 15 is 0 Å². The number of rotatable bonds is 2. The van der Waals surface area contributed by atoms with E-state index in [0.717, 1.165) is 27.9 Å². The lowest BCUT2D eigenvalue weighted by molar-refractivity contribution is 0.471. The van der Waals surface area contributed by atoms with Crippen LogP contribution in [0.25, 0.3) is 22.4 Å². The van der Waals surface area contributed by atoms with Crippen LogP contribution in [0.2, 0.25) is 0 Å². The quantitative estimate of drug-likeness (QED) is 0.740. The number of pyridine rings is 1. The van der Waals surface area contributed by atoms with Crippen molar-refractivity contribution in [2.24, 2.45) is 0 Å². The number of benzene rings is 2. The lowest BCUT2D eigenvalue weighted by Crippen LogP contribution is -1.84. The van der Waals surface area contributed by atoms with Gasteiger partial charge in [0.05, 0.1) is 11.9 Å². The first kappa shape index (κ1) is 13.2. The van der Waals surface area contributed by atoms with E-state index < -0.39 is 0 Å². The van der Waals surface area contributed by atoms with Gasteiger partial charge >= 0.3 is 0 Å². The van der Waals surface area contributed by atoms with Gasteiger partial charge in [-0.3, -0.25) is 4.98 Å². The third-order valence-electron chi connectivity index (χ3n) is 3.46. The average molecular weight is 277 g/mol. The van der Waals surface area contributed by atoms with Gasteiger partial charge in [0.2, 0.25) is 0 Å². The molecule has 0 saturated heterocycles. The number of nitrogens with zero attached hydrogens (tertiary/aromatic N) is 1. The molecule has 0 aliphatic rings. The van der Waals surface area contributed by atoms with E-state index in [-0.39, 0.29) is 5.75 Å². The molecule has 0 unspecified atom stereocenters. The summed E-state index contributed by atoms with van der Waals surface area (Å²) >= 11 is 0. The molecule has 2 N–H and O–H groups in total. The van der Waals surface area contributed by atoms with Crippen LogP contribution in [-0.2, 0) is 0 Å². The molecule has 3 aromatic rings. The zero-order valence-electron chi connectivity index (χ0n) is 11.6. The van der Waals surface area contributed by atoms with Crippen LogP contribution in [-0.4, -0.2) is 15.2 Å². The predicted octanol–water partition coefficient (Wildman–Crippen LogP) is 4.14. The molecule has 3 nitrogen and oxygen atoms in total. The summed E-state index contributed by atoms with van der Waals surface area (Å²) < 4.78 is 0. The van der Waals surface area contributed by atoms with Crippen LogP contribution < -0.4 is 0 Å². The van der Waals surface area contributed by atoms with E-state index in [1.807, 2.05) is 43.3 Å². The summed E-state index contributed by atoms with van der Waals surface area (Å²) in [5.41, 5.74) is 4.82. The minimum atomic E-state index is 0.162. The van der Waals surface area contributed by atoms with Crippen molar-refractivity contribution >= 4 is 0 Å². The topological polar surface area (TPSA) is 53.4 Å². The van der Waals surface area contributed by atoms with E-state index in [1.165, 1.54) is 6.20 Å². The Labute approximate surface area is 123 Å². The summed E-state index contributed by atoms with van der Waals surface area (Å²) in [5.74, 6) is 0.471. The second kappa shape index (κ2) is 5.29. The van der Waals surface area contributed by atoms with Gasteiger partial charge in [-0.15, -0.1) is 0 Å². The fraction of sp³-hybridized carbons (Fsp3) is 0.0556. The van der Waals surface area contributed by atoms with Gasteiger partial charge in [0.25, 0.3) is 0 Å². The molecule has 0 aliphatic carbocycles. The third-order valence-corrected chi connectivity index (χ3v) is 3.46. The van der Waals surface area contributed by atoms with E-state index in [1.54, 1.807) is 18.2 Å². The van der Waals surface area contributed by atoms with E-state index in [0.29, 0.717) is 5.75 Å². The lowest BCUT2D eigenvalue weighted by Gasteiger charge is -2.06. The Kier molecular flexibility index (Phi) is 3.32. The lowest BCUT2D eigenvalue weighted by atomic mass is 10.0. The molecule has 21 heavy (non-hydrogen) atoms. The Bertz CT molecular complexity index is 762. The molecular formula is C18H15NO2. The van der Waals surface area contributed by atoms with Gasteiger partial charge in [-0.05, 0) is 47.9 Å². The van der Waals surface area contributed by atoms with Gasteiger partial charge in [0.15, 0.2) is 0 Å². The van der Waals surface area contributed by atoms with Crippen molar-refractivity contribution in [1.82, 2.24) is 4.98 Å². The number of hydrogen-bond acceptors (Lipinski definition) is 3. The fourth-order valence-corrected chi connectivity index (χ4v) is 2.23. The SMILES string of the molecule is Cc1cc(-c2ccc(-c3ccc(O)cn3)cc2)ccc1O. The molecule has 3 heteroatoms. The van der Waals surface area contributed by atoms with Crippen LogP contribution in [0.3, 0.4) is 0 Å². The first-order valence-corrected chi connectivity index (χ1v) is 6.69. The van der Waals surface area contributed by atoms with Crippen molar-refractivity contribution in [1.29, 1.82) is 0 Å². The second-order valence-corrected chi connectivity index (χ2v) is 4.98. The van der Waals surface area contributed by atoms with Crippen molar-refractivity contribution in [2.45, 2.75) is 6.92 Å². The molecule has 1 heterocycles. The Morgan fingerprint density at radius 3 is 2.05 bits per heavy atom. The van der Waals surface area contributed by atoms with Crippen molar-refractivity contribution < 1.29 is 10.2 Å². The first-order valence-electron chi connectivity index (χ1n) is 6.69. The minimum Gasteiger partial charge on any atom is -0.508 e. The number of aromatic hydroxyl groups is 2. The predicted molar refractivity (Wildman–Crippen MR) is 83.2 cm³/mol. The molecule has 104 valence electrons. The highest BCUT2D eigenvalue weighted by atomic mass is 16.3. The molecule has 0 atom stereocenters. The van der Waals surface area contributed by atoms with Crippen molar-refractivity contribution in [2.75, 3.05) is 0 Å². The molecular weight excluding hydrogens is 262 g/mol. The number of phenolic OH excluding ortho intramolecular Hbond substituents is 1. The molecule has 0 bridgehead atoms. The summed E-state index contributed by atoms with van der Waals surface area (Å²) in [7, 11) is 0. The number of aryl methyl sites for hydroxylation is 1. The average Bonchev–Trinajstić information content (AvgIpc) is 2.51. The molecule has 0 amide bonds. The number of hydrogen-bond donors (Lipinski definition) is 2. The smallest absolute Gasteiger partial charge is 0.133 e. The maximum atomic E-state index is 9.58. The van der Waals surface area contributed by atoms with Gasteiger partial charge < -0.3 is 10.2 Å². The van der Waals surface area contributed by atoms with Crippen LogP contribution >= 0.6 is 0 Å². The zero-order valence-corrected chi connectivity index (χ0v) is 11.6. The molecule has 3 rings (SSSR count). The van der Waals surface area contributed by atoms with Gasteiger partial charge in [-0.1, -0.05) is 30.3 Å². The van der Waals surface area contributed by atoms with Crippen LogP contribution in [0.5, 0.6) is 11.5 Å². The largest absolute Gasteiger partial charge is 0.508 e. The second-order valence-electron chi connectivity index (χ2n) is 4.98. The summed E-state index contributed by atoms with van der Waals surface area (Å²) in [6.45, 7) is 1.88. The van der Waals surface area contributed by atoms with Crippen LogP contribution in [0.1, 0.15) is 5.56 Å². The van der Waals surface area contributed by atoms with Crippen molar-refractivity contribution in [3.63, 3.8) is 0 Å². The Hall–Kier alpha value is -2.81. The van der Waals surface area contributed by atoms with E-state index in [9.17, 15) is 10.2 Å². The standard InChI is InChI=1S/C18H15NO2/c1-12-10-15(6-9-18(12)21)13-2-4-14(5-3-13)17-8-7-16(20)11-19-17/h2-11,20-21H,1H3. The molecule has 0 spiro atoms. The Morgan fingerprint density at radius 1 is 0.762 bits per heavy atom. The van der Waals surface area contributed by atoms with Crippen LogP contribution in [0.15, 0.2) is 60.8 Å². The number of aromatic nitrogens is 1. The molecule has 1 aromatic heterocycles. The summed E-state index contributed by atoms with van der Waals surface area (Å²) in [4.78, 5) is 4.19. The van der Waals surface area contributed by atoms with E-state index in [2.05, 4.69) is 4.98 Å². The summed E-state index contributed by atoms with van der Waals surface area (Å²) in [6.07, 6.45) is 1.44. The van der Waals surface area contributed by atoms with Gasteiger partial charge in [0.1, 0.15) is 11.5 Å². The van der Waals surface area contributed by atoms with E-state index in [4.69, 9.17) is 0 Å². The molecule has 0 fully saturated rings. The Morgan fingerprint density at radius 2 is 1.43 bits per heavy atom. The molecule has 0 saturated carbocycles. The number of phenols is 1. The highest BCUT2D eigenvalue weighted by molar-refractivity contribution is 5.70. The summed E-state index contributed by atoms with van der Waals surface area (Å²) in [5, 5.41) is 18.8. The van der Waals surface area contributed by atoms with Gasteiger partial charge in [-0.25, -0.2) is 0 Å². The monoisotopic (exact) mass is 277 g/mol. The van der Waals surface area contributed by atoms with Crippen molar-refractivity contribution in [3.05, 3.63) is 66.4 Å². The zero-order chi connectivity index (χ0) is 14.8. The van der Waals surface area contributed by atoms with Gasteiger partial charge in [0, 0.05) is 5.56 Å². The summed E-state index contributed by atoms with van der Waals surface area (Å²) in [6, 6.07) is 17.0. The van der Waals surface area contributed by atoms with Crippen LogP contribution in [0.4, 0.5) is 0 Å². The minimum absolute atomic E-state index is 0.162. The normalized spacial score (nSPS) is 10.5. The highest BCUT2D eigenvalue weighted by Crippen LogP contribution is 2.27. The molecule has 0 radical (unpaired) electrons. The first-order chi connectivity index (χ1) is 10.1. The third kappa shape index (κ3) is 2.72. The van der Waals surface area contributed by atoms with Crippen molar-refractivity contribution in [3.8, 4) is 33.9 Å². The molecule has 2 aromatic carbocycles.